The van der Waals surface area contributed by atoms with E-state index in [1.165, 1.54) is 5.56 Å². The molecule has 0 fully saturated rings. The first-order valence-corrected chi connectivity index (χ1v) is 12.6. The number of carbonyl (C=O) groups is 1. The summed E-state index contributed by atoms with van der Waals surface area (Å²) in [7, 11) is 0. The fourth-order valence-electron chi connectivity index (χ4n) is 4.76. The average Bonchev–Trinajstić information content (AvgIpc) is 3.57. The van der Waals surface area contributed by atoms with Crippen LogP contribution in [-0.2, 0) is 13.1 Å². The van der Waals surface area contributed by atoms with E-state index in [4.69, 9.17) is 10.3 Å². The summed E-state index contributed by atoms with van der Waals surface area (Å²) in [6, 6.07) is 33.8. The molecule has 0 saturated heterocycles. The van der Waals surface area contributed by atoms with Crippen molar-refractivity contribution in [2.24, 2.45) is 0 Å². The predicted octanol–water partition coefficient (Wildman–Crippen LogP) is 5.49. The highest BCUT2D eigenvalue weighted by Gasteiger charge is 2.16. The zero-order valence-corrected chi connectivity index (χ0v) is 21.3. The average molecular weight is 515 g/mol. The third kappa shape index (κ3) is 4.93. The number of aryl methyl sites for hydroxylation is 1. The highest BCUT2D eigenvalue weighted by molar-refractivity contribution is 5.93. The van der Waals surface area contributed by atoms with Crippen molar-refractivity contribution in [2.75, 3.05) is 0 Å². The Morgan fingerprint density at radius 3 is 2.31 bits per heavy atom. The van der Waals surface area contributed by atoms with Crippen LogP contribution in [0.5, 0.6) is 0 Å². The molecule has 0 unspecified atom stereocenters. The fraction of sp³-hybridized carbons (Fsp3) is 0.0968. The van der Waals surface area contributed by atoms with Crippen molar-refractivity contribution in [3.8, 4) is 22.5 Å². The molecule has 0 saturated carbocycles. The molecule has 0 aliphatic rings. The summed E-state index contributed by atoms with van der Waals surface area (Å²) in [5.41, 5.74) is 11.0. The molecule has 6 aromatic rings. The van der Waals surface area contributed by atoms with E-state index in [2.05, 4.69) is 53.6 Å². The van der Waals surface area contributed by atoms with Crippen LogP contribution in [-0.4, -0.2) is 35.9 Å². The van der Waals surface area contributed by atoms with Gasteiger partial charge >= 0.3 is 0 Å². The Bertz CT molecular complexity index is 1770. The first kappa shape index (κ1) is 24.3. The number of rotatable bonds is 7. The number of nitrogens with one attached hydrogen (secondary N) is 1. The van der Waals surface area contributed by atoms with Crippen LogP contribution in [0, 0.1) is 6.92 Å². The number of hydrogen-bond acceptors (Lipinski definition) is 5. The molecular weight excluding hydrogens is 488 g/mol. The smallest absolute Gasteiger partial charge is 0.274 e. The Labute approximate surface area is 225 Å². The number of hydrogen-bond donors (Lipinski definition) is 2. The van der Waals surface area contributed by atoms with Crippen LogP contribution in [0.25, 0.3) is 33.5 Å². The van der Waals surface area contributed by atoms with Gasteiger partial charge < -0.3 is 0 Å². The quantitative estimate of drug-likeness (QED) is 0.217. The van der Waals surface area contributed by atoms with E-state index in [9.17, 15) is 4.79 Å². The molecule has 0 aliphatic heterocycles. The topological polar surface area (TPSA) is 97.9 Å². The SMILES string of the molecule is Cc1ccccc1-c1cc(-c2ccc3c(c2)nnn3Cc2ccccc2)nn1Cc1ccc(C(=O)NO)cc1. The summed E-state index contributed by atoms with van der Waals surface area (Å²) in [5, 5.41) is 22.7. The maximum atomic E-state index is 11.7. The molecule has 1 amide bonds. The summed E-state index contributed by atoms with van der Waals surface area (Å²) in [6.07, 6.45) is 0. The monoisotopic (exact) mass is 514 g/mol. The van der Waals surface area contributed by atoms with E-state index >= 15 is 0 Å². The molecule has 192 valence electrons. The van der Waals surface area contributed by atoms with E-state index in [-0.39, 0.29) is 0 Å². The van der Waals surface area contributed by atoms with Gasteiger partial charge in [0.1, 0.15) is 5.52 Å². The molecule has 4 aromatic carbocycles. The van der Waals surface area contributed by atoms with Gasteiger partial charge in [-0.3, -0.25) is 14.7 Å². The normalized spacial score (nSPS) is 11.1. The van der Waals surface area contributed by atoms with Gasteiger partial charge in [0.2, 0.25) is 0 Å². The summed E-state index contributed by atoms with van der Waals surface area (Å²) in [5.74, 6) is -0.542. The first-order valence-electron chi connectivity index (χ1n) is 12.6. The van der Waals surface area contributed by atoms with Crippen LogP contribution in [0.1, 0.15) is 27.0 Å². The Hall–Kier alpha value is -5.08. The van der Waals surface area contributed by atoms with Crippen molar-refractivity contribution in [1.29, 1.82) is 0 Å². The third-order valence-electron chi connectivity index (χ3n) is 6.84. The fourth-order valence-corrected chi connectivity index (χ4v) is 4.76. The standard InChI is InChI=1S/C31H26N6O2/c1-21-7-5-6-10-26(21)30-18-27(33-36(30)19-23-11-13-24(14-12-23)31(38)34-39)25-15-16-29-28(17-25)32-35-37(29)20-22-8-3-2-4-9-22/h2-18,39H,19-20H2,1H3,(H,34,38). The van der Waals surface area contributed by atoms with Gasteiger partial charge in [-0.25, -0.2) is 10.2 Å². The number of carbonyl (C=O) groups excluding carboxylic acids is 1. The lowest BCUT2D eigenvalue weighted by Crippen LogP contribution is -2.18. The molecule has 39 heavy (non-hydrogen) atoms. The molecule has 8 nitrogen and oxygen atoms in total. The molecule has 2 aromatic heterocycles. The maximum absolute atomic E-state index is 11.7. The zero-order chi connectivity index (χ0) is 26.8. The van der Waals surface area contributed by atoms with Crippen LogP contribution >= 0.6 is 0 Å². The minimum Gasteiger partial charge on any atom is -0.288 e. The van der Waals surface area contributed by atoms with E-state index in [1.807, 2.05) is 64.0 Å². The number of aromatic nitrogens is 5. The molecule has 8 heteroatoms. The molecule has 0 atom stereocenters. The molecule has 2 N–H and O–H groups in total. The molecule has 2 heterocycles. The lowest BCUT2D eigenvalue weighted by atomic mass is 10.0. The Morgan fingerprint density at radius 1 is 0.821 bits per heavy atom. The van der Waals surface area contributed by atoms with Gasteiger partial charge in [-0.1, -0.05) is 78.0 Å². The van der Waals surface area contributed by atoms with Crippen LogP contribution in [0.4, 0.5) is 0 Å². The lowest BCUT2D eigenvalue weighted by Gasteiger charge is -2.10. The maximum Gasteiger partial charge on any atom is 0.274 e. The number of benzene rings is 4. The molecule has 0 spiro atoms. The minimum atomic E-state index is -0.542. The van der Waals surface area contributed by atoms with Crippen molar-refractivity contribution >= 4 is 16.9 Å². The second-order valence-electron chi connectivity index (χ2n) is 9.46. The van der Waals surface area contributed by atoms with Gasteiger partial charge in [0.05, 0.1) is 30.0 Å². The van der Waals surface area contributed by atoms with Crippen LogP contribution in [0.2, 0.25) is 0 Å². The van der Waals surface area contributed by atoms with Gasteiger partial charge in [0.15, 0.2) is 0 Å². The predicted molar refractivity (Wildman–Crippen MR) is 149 cm³/mol. The zero-order valence-electron chi connectivity index (χ0n) is 21.3. The Balaban J connectivity index is 1.36. The number of nitrogens with zero attached hydrogens (tertiary/aromatic N) is 5. The summed E-state index contributed by atoms with van der Waals surface area (Å²) in [6.45, 7) is 3.26. The van der Waals surface area contributed by atoms with Crippen molar-refractivity contribution in [2.45, 2.75) is 20.0 Å². The van der Waals surface area contributed by atoms with Crippen molar-refractivity contribution in [1.82, 2.24) is 30.3 Å². The summed E-state index contributed by atoms with van der Waals surface area (Å²) >= 11 is 0. The number of fused-ring (bicyclic) bond motifs is 1. The minimum absolute atomic E-state index is 0.384. The molecule has 6 rings (SSSR count). The summed E-state index contributed by atoms with van der Waals surface area (Å²) in [4.78, 5) is 11.7. The van der Waals surface area contributed by atoms with Crippen LogP contribution in [0.3, 0.4) is 0 Å². The van der Waals surface area contributed by atoms with Gasteiger partial charge in [0, 0.05) is 16.7 Å². The van der Waals surface area contributed by atoms with E-state index in [1.54, 1.807) is 17.6 Å². The molecule has 0 radical (unpaired) electrons. The van der Waals surface area contributed by atoms with Crippen LogP contribution < -0.4 is 5.48 Å². The Kier molecular flexibility index (Phi) is 6.44. The third-order valence-corrected chi connectivity index (χ3v) is 6.84. The van der Waals surface area contributed by atoms with Crippen LogP contribution in [0.15, 0.2) is 103 Å². The van der Waals surface area contributed by atoms with E-state index < -0.39 is 5.91 Å². The van der Waals surface area contributed by atoms with Crippen molar-refractivity contribution in [3.05, 3.63) is 125 Å². The first-order chi connectivity index (χ1) is 19.1. The largest absolute Gasteiger partial charge is 0.288 e. The lowest BCUT2D eigenvalue weighted by molar-refractivity contribution is 0.0706. The Morgan fingerprint density at radius 2 is 1.54 bits per heavy atom. The summed E-state index contributed by atoms with van der Waals surface area (Å²) < 4.78 is 3.89. The number of amides is 1. The van der Waals surface area contributed by atoms with Gasteiger partial charge in [-0.15, -0.1) is 5.10 Å². The molecular formula is C31H26N6O2. The highest BCUT2D eigenvalue weighted by Crippen LogP contribution is 2.30. The second-order valence-corrected chi connectivity index (χ2v) is 9.46. The molecule has 0 bridgehead atoms. The second kappa shape index (κ2) is 10.4. The van der Waals surface area contributed by atoms with Gasteiger partial charge in [0.25, 0.3) is 5.91 Å². The molecule has 0 aliphatic carbocycles. The van der Waals surface area contributed by atoms with Gasteiger partial charge in [-0.05, 0) is 53.9 Å². The highest BCUT2D eigenvalue weighted by atomic mass is 16.5. The van der Waals surface area contributed by atoms with Crippen molar-refractivity contribution < 1.29 is 10.0 Å². The van der Waals surface area contributed by atoms with Gasteiger partial charge in [-0.2, -0.15) is 5.10 Å². The number of hydroxylamine groups is 1. The van der Waals surface area contributed by atoms with Crippen molar-refractivity contribution in [3.63, 3.8) is 0 Å². The van der Waals surface area contributed by atoms with E-state index in [0.29, 0.717) is 18.7 Å². The van der Waals surface area contributed by atoms with E-state index in [0.717, 1.165) is 44.7 Å².